The Morgan fingerprint density at radius 1 is 1.30 bits per heavy atom. The first kappa shape index (κ1) is 13.5. The first-order valence-electron chi connectivity index (χ1n) is 6.51. The van der Waals surface area contributed by atoms with Crippen molar-refractivity contribution < 1.29 is 9.13 Å². The van der Waals surface area contributed by atoms with Crippen molar-refractivity contribution in [1.82, 2.24) is 10.3 Å². The number of halogens is 2. The van der Waals surface area contributed by atoms with Crippen LogP contribution in [0.25, 0.3) is 0 Å². The lowest BCUT2D eigenvalue weighted by molar-refractivity contribution is 0.466. The second kappa shape index (κ2) is 5.89. The molecular weight excluding hydrogens is 323 g/mol. The Morgan fingerprint density at radius 2 is 2.15 bits per heavy atom. The van der Waals surface area contributed by atoms with E-state index in [1.165, 1.54) is 25.0 Å². The summed E-state index contributed by atoms with van der Waals surface area (Å²) in [6.07, 6.45) is 5.95. The van der Waals surface area contributed by atoms with E-state index >= 15 is 0 Å². The van der Waals surface area contributed by atoms with Crippen molar-refractivity contribution in [3.63, 3.8) is 0 Å². The van der Waals surface area contributed by atoms with Gasteiger partial charge in [0.15, 0.2) is 0 Å². The van der Waals surface area contributed by atoms with Gasteiger partial charge < -0.3 is 10.1 Å². The number of nitrogens with one attached hydrogen (secondary N) is 1. The molecule has 0 aliphatic heterocycles. The molecule has 5 heteroatoms. The largest absolute Gasteiger partial charge is 0.456 e. The maximum absolute atomic E-state index is 13.1. The van der Waals surface area contributed by atoms with Gasteiger partial charge in [-0.25, -0.2) is 4.39 Å². The predicted molar refractivity (Wildman–Crippen MR) is 78.3 cm³/mol. The summed E-state index contributed by atoms with van der Waals surface area (Å²) >= 11 is 3.31. The van der Waals surface area contributed by atoms with Gasteiger partial charge in [0.25, 0.3) is 0 Å². The molecule has 1 fully saturated rings. The minimum absolute atomic E-state index is 0.297. The highest BCUT2D eigenvalue weighted by atomic mass is 79.9. The van der Waals surface area contributed by atoms with E-state index in [1.807, 2.05) is 6.07 Å². The molecule has 1 saturated carbocycles. The van der Waals surface area contributed by atoms with Crippen LogP contribution in [0.3, 0.4) is 0 Å². The minimum Gasteiger partial charge on any atom is -0.456 e. The fourth-order valence-corrected chi connectivity index (χ4v) is 2.30. The summed E-state index contributed by atoms with van der Waals surface area (Å²) in [6.45, 7) is 0.729. The summed E-state index contributed by atoms with van der Waals surface area (Å²) in [5.41, 5.74) is 0.996. The average Bonchev–Trinajstić information content (AvgIpc) is 3.25. The minimum atomic E-state index is -0.297. The normalized spacial score (nSPS) is 14.3. The topological polar surface area (TPSA) is 34.1 Å². The fraction of sp³-hybridized carbons (Fsp3) is 0.267. The molecule has 3 rings (SSSR count). The molecule has 1 aliphatic carbocycles. The van der Waals surface area contributed by atoms with Gasteiger partial charge in [0.1, 0.15) is 17.3 Å². The monoisotopic (exact) mass is 336 g/mol. The van der Waals surface area contributed by atoms with E-state index in [9.17, 15) is 4.39 Å². The van der Waals surface area contributed by atoms with E-state index in [0.717, 1.165) is 17.9 Å². The zero-order valence-corrected chi connectivity index (χ0v) is 12.4. The van der Waals surface area contributed by atoms with Gasteiger partial charge in [-0.1, -0.05) is 0 Å². The average molecular weight is 337 g/mol. The van der Waals surface area contributed by atoms with Crippen molar-refractivity contribution in [3.8, 4) is 11.5 Å². The van der Waals surface area contributed by atoms with Gasteiger partial charge in [-0.15, -0.1) is 0 Å². The Kier molecular flexibility index (Phi) is 3.98. The van der Waals surface area contributed by atoms with Gasteiger partial charge in [0.05, 0.1) is 4.47 Å². The number of hydrogen-bond acceptors (Lipinski definition) is 3. The zero-order valence-electron chi connectivity index (χ0n) is 10.8. The van der Waals surface area contributed by atoms with E-state index in [4.69, 9.17) is 4.74 Å². The lowest BCUT2D eigenvalue weighted by Gasteiger charge is -2.12. The molecule has 0 radical (unpaired) electrons. The first-order valence-corrected chi connectivity index (χ1v) is 7.31. The van der Waals surface area contributed by atoms with Gasteiger partial charge in [-0.2, -0.15) is 0 Å². The number of benzene rings is 1. The van der Waals surface area contributed by atoms with Crippen LogP contribution in [0.15, 0.2) is 41.1 Å². The Labute approximate surface area is 125 Å². The molecule has 2 aromatic rings. The third kappa shape index (κ3) is 3.35. The van der Waals surface area contributed by atoms with Crippen molar-refractivity contribution in [1.29, 1.82) is 0 Å². The van der Waals surface area contributed by atoms with Crippen LogP contribution in [0.4, 0.5) is 4.39 Å². The number of pyridine rings is 1. The molecule has 1 aliphatic rings. The predicted octanol–water partition coefficient (Wildman–Crippen LogP) is 4.03. The second-order valence-corrected chi connectivity index (χ2v) is 5.67. The van der Waals surface area contributed by atoms with Gasteiger partial charge in [0, 0.05) is 30.5 Å². The van der Waals surface area contributed by atoms with Crippen LogP contribution in [-0.2, 0) is 6.54 Å². The van der Waals surface area contributed by atoms with Crippen LogP contribution in [0.5, 0.6) is 11.5 Å². The Bertz CT molecular complexity index is 617. The van der Waals surface area contributed by atoms with Gasteiger partial charge in [-0.3, -0.25) is 4.98 Å². The van der Waals surface area contributed by atoms with Crippen molar-refractivity contribution in [3.05, 3.63) is 52.5 Å². The van der Waals surface area contributed by atoms with E-state index in [1.54, 1.807) is 18.5 Å². The Morgan fingerprint density at radius 3 is 2.90 bits per heavy atom. The molecule has 1 N–H and O–H groups in total. The van der Waals surface area contributed by atoms with Crippen LogP contribution in [0.1, 0.15) is 18.4 Å². The number of hydrogen-bond donors (Lipinski definition) is 1. The van der Waals surface area contributed by atoms with Crippen LogP contribution in [0.2, 0.25) is 0 Å². The summed E-state index contributed by atoms with van der Waals surface area (Å²) in [4.78, 5) is 4.13. The summed E-state index contributed by atoms with van der Waals surface area (Å²) in [6, 6.07) is 6.82. The summed E-state index contributed by atoms with van der Waals surface area (Å²) in [5, 5.41) is 3.43. The molecule has 0 atom stereocenters. The standard InChI is InChI=1S/C15H14BrFN2O/c16-13-7-11(17)1-4-15(13)20-14-5-6-18-8-10(14)9-19-12-2-3-12/h1,4-8,12,19H,2-3,9H2. The number of ether oxygens (including phenoxy) is 1. The Hall–Kier alpha value is -1.46. The maximum atomic E-state index is 13.1. The highest BCUT2D eigenvalue weighted by Crippen LogP contribution is 2.32. The molecular formula is C15H14BrFN2O. The quantitative estimate of drug-likeness (QED) is 0.895. The summed E-state index contributed by atoms with van der Waals surface area (Å²) in [5.74, 6) is 1.03. The van der Waals surface area contributed by atoms with E-state index in [-0.39, 0.29) is 5.82 Å². The van der Waals surface area contributed by atoms with Crippen LogP contribution in [0, 0.1) is 5.82 Å². The SMILES string of the molecule is Fc1ccc(Oc2ccncc2CNC2CC2)c(Br)c1. The molecule has 0 saturated heterocycles. The molecule has 104 valence electrons. The van der Waals surface area contributed by atoms with E-state index in [2.05, 4.69) is 26.2 Å². The number of rotatable bonds is 5. The molecule has 0 bridgehead atoms. The molecule has 0 amide bonds. The van der Waals surface area contributed by atoms with Gasteiger partial charge in [0.2, 0.25) is 0 Å². The van der Waals surface area contributed by atoms with Crippen molar-refractivity contribution >= 4 is 15.9 Å². The Balaban J connectivity index is 1.78. The van der Waals surface area contributed by atoms with Crippen molar-refractivity contribution in [2.24, 2.45) is 0 Å². The molecule has 3 nitrogen and oxygen atoms in total. The third-order valence-corrected chi connectivity index (χ3v) is 3.75. The smallest absolute Gasteiger partial charge is 0.141 e. The molecule has 1 heterocycles. The summed E-state index contributed by atoms with van der Waals surface area (Å²) in [7, 11) is 0. The van der Waals surface area contributed by atoms with Gasteiger partial charge in [-0.05, 0) is 53.0 Å². The number of nitrogens with zero attached hydrogens (tertiary/aromatic N) is 1. The molecule has 0 spiro atoms. The lowest BCUT2D eigenvalue weighted by atomic mass is 10.2. The van der Waals surface area contributed by atoms with Crippen molar-refractivity contribution in [2.45, 2.75) is 25.4 Å². The second-order valence-electron chi connectivity index (χ2n) is 4.82. The molecule has 1 aromatic heterocycles. The van der Waals surface area contributed by atoms with E-state index < -0.39 is 0 Å². The van der Waals surface area contributed by atoms with Crippen LogP contribution < -0.4 is 10.1 Å². The maximum Gasteiger partial charge on any atom is 0.141 e. The highest BCUT2D eigenvalue weighted by molar-refractivity contribution is 9.10. The van der Waals surface area contributed by atoms with Crippen molar-refractivity contribution in [2.75, 3.05) is 0 Å². The third-order valence-electron chi connectivity index (χ3n) is 3.13. The van der Waals surface area contributed by atoms with Crippen LogP contribution in [-0.4, -0.2) is 11.0 Å². The van der Waals surface area contributed by atoms with Gasteiger partial charge >= 0.3 is 0 Å². The highest BCUT2D eigenvalue weighted by Gasteiger charge is 2.20. The molecule has 0 unspecified atom stereocenters. The molecule has 1 aromatic carbocycles. The zero-order chi connectivity index (χ0) is 13.9. The number of aromatic nitrogens is 1. The lowest BCUT2D eigenvalue weighted by Crippen LogP contribution is -2.15. The fourth-order valence-electron chi connectivity index (χ4n) is 1.86. The summed E-state index contributed by atoms with van der Waals surface area (Å²) < 4.78 is 19.5. The first-order chi connectivity index (χ1) is 9.72. The molecule has 20 heavy (non-hydrogen) atoms. The van der Waals surface area contributed by atoms with Crippen LogP contribution >= 0.6 is 15.9 Å². The van der Waals surface area contributed by atoms with E-state index in [0.29, 0.717) is 16.3 Å².